The number of hydrogen-bond donors (Lipinski definition) is 2. The maximum Gasteiger partial charge on any atom is 2.00 e. The number of carbonyl (C=O) groups is 2. The second kappa shape index (κ2) is 15.3. The molecule has 5 heteroatoms. The Hall–Kier alpha value is -5.29. The van der Waals surface area contributed by atoms with Crippen LogP contribution in [-0.4, -0.2) is 22.2 Å². The molecule has 47 heavy (non-hydrogen) atoms. The molecule has 0 radical (unpaired) electrons. The molecule has 0 spiro atoms. The minimum Gasteiger partial charge on any atom is -0.478 e. The number of rotatable bonds is 5. The molecule has 0 aliphatic rings. The Bertz CT molecular complexity index is 2050. The molecule has 0 fully saturated rings. The normalized spacial score (nSPS) is 10.5. The SMILES string of the molecule is O=C(O)c1cccc2ccccc12.O=C(O)c1cccc2ccccc12.[Ti+2].c1ccc2[cH-]c(CCc3cc4ccccc4[cH-]3)cc2c1. The van der Waals surface area contributed by atoms with Gasteiger partial charge in [-0.2, -0.15) is 12.1 Å². The van der Waals surface area contributed by atoms with E-state index in [1.807, 2.05) is 60.7 Å². The first kappa shape index (κ1) is 33.1. The molecule has 0 aliphatic heterocycles. The maximum absolute atomic E-state index is 10.8. The summed E-state index contributed by atoms with van der Waals surface area (Å²) < 4.78 is 0. The second-order valence-corrected chi connectivity index (χ2v) is 11.1. The molecular weight excluding hydrogens is 616 g/mol. The van der Waals surface area contributed by atoms with E-state index in [-0.39, 0.29) is 21.7 Å². The fourth-order valence-electron chi connectivity index (χ4n) is 5.83. The van der Waals surface area contributed by atoms with Gasteiger partial charge >= 0.3 is 33.7 Å². The molecule has 8 aromatic rings. The van der Waals surface area contributed by atoms with Crippen LogP contribution in [0.15, 0.2) is 158 Å². The van der Waals surface area contributed by atoms with Crippen LogP contribution in [0.2, 0.25) is 0 Å². The Morgan fingerprint density at radius 2 is 0.787 bits per heavy atom. The Morgan fingerprint density at radius 3 is 1.17 bits per heavy atom. The third-order valence-electron chi connectivity index (χ3n) is 8.10. The summed E-state index contributed by atoms with van der Waals surface area (Å²) >= 11 is 0. The first-order chi connectivity index (χ1) is 22.5. The first-order valence-corrected chi connectivity index (χ1v) is 15.2. The fraction of sp³-hybridized carbons (Fsp3) is 0.0476. The van der Waals surface area contributed by atoms with Crippen LogP contribution in [0.4, 0.5) is 0 Å². The van der Waals surface area contributed by atoms with Crippen molar-refractivity contribution in [3.8, 4) is 0 Å². The molecule has 0 amide bonds. The molecule has 0 saturated heterocycles. The number of aryl methyl sites for hydroxylation is 2. The summed E-state index contributed by atoms with van der Waals surface area (Å²) in [5, 5.41) is 26.7. The Labute approximate surface area is 288 Å². The van der Waals surface area contributed by atoms with E-state index in [9.17, 15) is 9.59 Å². The monoisotopic (exact) mass is 648 g/mol. The number of carboxylic acid groups (broad SMARTS) is 2. The zero-order valence-electron chi connectivity index (χ0n) is 25.6. The maximum atomic E-state index is 10.8. The largest absolute Gasteiger partial charge is 2.00 e. The molecule has 0 saturated carbocycles. The van der Waals surface area contributed by atoms with Gasteiger partial charge in [0.05, 0.1) is 11.1 Å². The van der Waals surface area contributed by atoms with Gasteiger partial charge in [-0.15, -0.1) is 81.2 Å². The third-order valence-corrected chi connectivity index (χ3v) is 8.10. The summed E-state index contributed by atoms with van der Waals surface area (Å²) in [5.41, 5.74) is 3.60. The van der Waals surface area contributed by atoms with Crippen molar-refractivity contribution in [1.29, 1.82) is 0 Å². The van der Waals surface area contributed by atoms with E-state index < -0.39 is 11.9 Å². The molecule has 0 unspecified atom stereocenters. The van der Waals surface area contributed by atoms with Gasteiger partial charge < -0.3 is 10.2 Å². The van der Waals surface area contributed by atoms with Gasteiger partial charge in [-0.3, -0.25) is 0 Å². The van der Waals surface area contributed by atoms with E-state index in [0.717, 1.165) is 34.4 Å². The molecule has 8 aromatic carbocycles. The minimum atomic E-state index is -0.878. The van der Waals surface area contributed by atoms with Crippen LogP contribution in [0.1, 0.15) is 31.8 Å². The molecule has 0 aromatic heterocycles. The van der Waals surface area contributed by atoms with Gasteiger partial charge in [0.1, 0.15) is 0 Å². The van der Waals surface area contributed by atoms with Crippen molar-refractivity contribution >= 4 is 55.0 Å². The van der Waals surface area contributed by atoms with Crippen molar-refractivity contribution in [2.45, 2.75) is 12.8 Å². The molecule has 8 rings (SSSR count). The molecular formula is C42H32O4Ti. The smallest absolute Gasteiger partial charge is 0.478 e. The topological polar surface area (TPSA) is 74.6 Å². The van der Waals surface area contributed by atoms with Crippen molar-refractivity contribution in [3.63, 3.8) is 0 Å². The molecule has 4 nitrogen and oxygen atoms in total. The zero-order chi connectivity index (χ0) is 31.9. The summed E-state index contributed by atoms with van der Waals surface area (Å²) in [4.78, 5) is 21.6. The van der Waals surface area contributed by atoms with Gasteiger partial charge in [0, 0.05) is 0 Å². The van der Waals surface area contributed by atoms with Crippen LogP contribution in [-0.2, 0) is 34.6 Å². The van der Waals surface area contributed by atoms with Crippen LogP contribution in [0, 0.1) is 0 Å². The van der Waals surface area contributed by atoms with Crippen LogP contribution in [0.3, 0.4) is 0 Å². The van der Waals surface area contributed by atoms with Gasteiger partial charge in [-0.05, 0) is 46.5 Å². The van der Waals surface area contributed by atoms with Crippen molar-refractivity contribution < 1.29 is 41.5 Å². The Balaban J connectivity index is 0.000000142. The molecule has 0 heterocycles. The average Bonchev–Trinajstić information content (AvgIpc) is 3.71. The van der Waals surface area contributed by atoms with Crippen LogP contribution in [0.25, 0.3) is 43.1 Å². The third kappa shape index (κ3) is 7.93. The molecule has 228 valence electrons. The summed E-state index contributed by atoms with van der Waals surface area (Å²) in [7, 11) is 0. The summed E-state index contributed by atoms with van der Waals surface area (Å²) in [6, 6.07) is 51.9. The summed E-state index contributed by atoms with van der Waals surface area (Å²) in [6.07, 6.45) is 2.23. The summed E-state index contributed by atoms with van der Waals surface area (Å²) in [6.45, 7) is 0. The van der Waals surface area contributed by atoms with E-state index in [1.54, 1.807) is 24.3 Å². The molecule has 0 aliphatic carbocycles. The number of fused-ring (bicyclic) bond motifs is 4. The van der Waals surface area contributed by atoms with Crippen LogP contribution >= 0.6 is 0 Å². The van der Waals surface area contributed by atoms with Gasteiger partial charge in [-0.1, -0.05) is 84.9 Å². The van der Waals surface area contributed by atoms with Crippen molar-refractivity contribution in [2.75, 3.05) is 0 Å². The molecule has 0 bridgehead atoms. The fourth-order valence-corrected chi connectivity index (χ4v) is 5.83. The van der Waals surface area contributed by atoms with E-state index in [4.69, 9.17) is 10.2 Å². The average molecular weight is 649 g/mol. The van der Waals surface area contributed by atoms with Crippen molar-refractivity contribution in [3.05, 3.63) is 180 Å². The van der Waals surface area contributed by atoms with Gasteiger partial charge in [0.2, 0.25) is 0 Å². The number of carboxylic acids is 2. The predicted octanol–water partition coefficient (Wildman–Crippen LogP) is 10.3. The summed E-state index contributed by atoms with van der Waals surface area (Å²) in [5.74, 6) is -1.76. The van der Waals surface area contributed by atoms with Gasteiger partial charge in [0.15, 0.2) is 0 Å². The van der Waals surface area contributed by atoms with E-state index in [0.29, 0.717) is 11.1 Å². The van der Waals surface area contributed by atoms with E-state index in [1.165, 1.54) is 32.7 Å². The molecule has 0 atom stereocenters. The van der Waals surface area contributed by atoms with Gasteiger partial charge in [-0.25, -0.2) is 9.59 Å². The number of hydrogen-bond acceptors (Lipinski definition) is 2. The second-order valence-electron chi connectivity index (χ2n) is 11.1. The first-order valence-electron chi connectivity index (χ1n) is 15.2. The number of aromatic carboxylic acids is 2. The van der Waals surface area contributed by atoms with Crippen LogP contribution < -0.4 is 0 Å². The standard InChI is InChI=1S/C20H16.2C11H8O2.Ti/c1-2-6-18-12-15(11-17(18)5-1)9-10-16-13-19-7-3-4-8-20(19)14-16;2*12-11(13)10-7-3-5-8-4-1-2-6-9(8)10;/h1-8,11-14H,9-10H2;2*1-7H,(H,12,13);/q-2;;;+2. The Morgan fingerprint density at radius 1 is 0.447 bits per heavy atom. The zero-order valence-corrected chi connectivity index (χ0v) is 27.2. The van der Waals surface area contributed by atoms with E-state index >= 15 is 0 Å². The van der Waals surface area contributed by atoms with Crippen molar-refractivity contribution in [1.82, 2.24) is 0 Å². The van der Waals surface area contributed by atoms with Crippen molar-refractivity contribution in [2.24, 2.45) is 0 Å². The van der Waals surface area contributed by atoms with Crippen LogP contribution in [0.5, 0.6) is 0 Å². The Kier molecular flexibility index (Phi) is 10.8. The quantitative estimate of drug-likeness (QED) is 0.144. The number of benzene rings is 6. The molecule has 2 N–H and O–H groups in total. The van der Waals surface area contributed by atoms with Gasteiger partial charge in [0.25, 0.3) is 0 Å². The predicted molar refractivity (Wildman–Crippen MR) is 188 cm³/mol. The minimum absolute atomic E-state index is 0. The van der Waals surface area contributed by atoms with E-state index in [2.05, 4.69) is 72.8 Å².